The van der Waals surface area contributed by atoms with Crippen LogP contribution in [0, 0.1) is 11.6 Å². The minimum atomic E-state index is -0.826. The van der Waals surface area contributed by atoms with Crippen molar-refractivity contribution in [3.05, 3.63) is 63.6 Å². The van der Waals surface area contributed by atoms with Crippen LogP contribution in [0.25, 0.3) is 28.0 Å². The van der Waals surface area contributed by atoms with E-state index in [0.717, 1.165) is 16.6 Å². The zero-order valence-electron chi connectivity index (χ0n) is 11.3. The molecule has 0 bridgehead atoms. The van der Waals surface area contributed by atoms with Crippen molar-refractivity contribution in [2.75, 3.05) is 0 Å². The summed E-state index contributed by atoms with van der Waals surface area (Å²) in [5.74, 6) is -2.72. The Morgan fingerprint density at radius 3 is 2.61 bits per heavy atom. The van der Waals surface area contributed by atoms with Crippen molar-refractivity contribution in [2.45, 2.75) is 0 Å². The average molecular weight is 334 g/mol. The minimum absolute atomic E-state index is 0.108. The molecule has 4 aromatic rings. The maximum absolute atomic E-state index is 13.9. The van der Waals surface area contributed by atoms with Gasteiger partial charge < -0.3 is 4.42 Å². The van der Waals surface area contributed by atoms with Crippen molar-refractivity contribution in [3.8, 4) is 11.4 Å². The van der Waals surface area contributed by atoms with Crippen LogP contribution in [0.5, 0.6) is 0 Å². The molecule has 0 amide bonds. The van der Waals surface area contributed by atoms with Crippen LogP contribution >= 0.6 is 11.6 Å². The van der Waals surface area contributed by atoms with Gasteiger partial charge in [0.15, 0.2) is 11.5 Å². The van der Waals surface area contributed by atoms with Crippen molar-refractivity contribution in [2.24, 2.45) is 0 Å². The molecule has 0 unspecified atom stereocenters. The first kappa shape index (κ1) is 13.8. The van der Waals surface area contributed by atoms with E-state index in [9.17, 15) is 13.6 Å². The fraction of sp³-hybridized carbons (Fsp3) is 0. The van der Waals surface area contributed by atoms with Crippen LogP contribution in [-0.2, 0) is 0 Å². The fourth-order valence-corrected chi connectivity index (χ4v) is 2.51. The Kier molecular flexibility index (Phi) is 2.92. The molecule has 0 spiro atoms. The highest BCUT2D eigenvalue weighted by atomic mass is 35.5. The van der Waals surface area contributed by atoms with Crippen LogP contribution in [0.1, 0.15) is 0 Å². The first-order chi connectivity index (χ1) is 11.0. The summed E-state index contributed by atoms with van der Waals surface area (Å²) >= 11 is 5.94. The van der Waals surface area contributed by atoms with Crippen molar-refractivity contribution < 1.29 is 13.2 Å². The molecule has 0 aliphatic rings. The molecule has 0 radical (unpaired) electrons. The van der Waals surface area contributed by atoms with E-state index in [2.05, 4.69) is 10.1 Å². The van der Waals surface area contributed by atoms with Crippen molar-refractivity contribution >= 4 is 28.2 Å². The van der Waals surface area contributed by atoms with E-state index in [-0.39, 0.29) is 17.1 Å². The number of benzene rings is 2. The molecule has 0 aliphatic heterocycles. The second kappa shape index (κ2) is 4.85. The van der Waals surface area contributed by atoms with Gasteiger partial charge in [0.1, 0.15) is 17.2 Å². The zero-order valence-corrected chi connectivity index (χ0v) is 12.0. The summed E-state index contributed by atoms with van der Waals surface area (Å²) in [6.07, 6.45) is 0. The standard InChI is InChI=1S/C15H6ClF2N3O2/c16-7-4-5-11-8(6-7)14-19-13(20-21(14)15(22)23-11)12-9(17)2-1-3-10(12)18/h1-6H. The predicted molar refractivity (Wildman–Crippen MR) is 79.4 cm³/mol. The molecule has 0 atom stereocenters. The van der Waals surface area contributed by atoms with E-state index in [1.54, 1.807) is 6.07 Å². The van der Waals surface area contributed by atoms with E-state index in [1.807, 2.05) is 0 Å². The number of rotatable bonds is 1. The van der Waals surface area contributed by atoms with E-state index < -0.39 is 23.0 Å². The molecule has 0 aliphatic carbocycles. The lowest BCUT2D eigenvalue weighted by molar-refractivity contribution is 0.507. The lowest BCUT2D eigenvalue weighted by atomic mass is 10.2. The molecular formula is C15H6ClF2N3O2. The van der Waals surface area contributed by atoms with Crippen molar-refractivity contribution in [3.63, 3.8) is 0 Å². The first-order valence-electron chi connectivity index (χ1n) is 6.48. The quantitative estimate of drug-likeness (QED) is 0.535. The summed E-state index contributed by atoms with van der Waals surface area (Å²) in [7, 11) is 0. The zero-order chi connectivity index (χ0) is 16.1. The molecule has 2 aromatic heterocycles. The number of halogens is 3. The van der Waals surface area contributed by atoms with Crippen molar-refractivity contribution in [1.82, 2.24) is 14.6 Å². The van der Waals surface area contributed by atoms with Crippen LogP contribution in [-0.4, -0.2) is 14.6 Å². The van der Waals surface area contributed by atoms with Crippen LogP contribution < -0.4 is 5.76 Å². The molecule has 0 N–H and O–H groups in total. The summed E-state index contributed by atoms with van der Waals surface area (Å²) in [5, 5.41) is 4.67. The molecule has 0 saturated carbocycles. The third-order valence-corrected chi connectivity index (χ3v) is 3.58. The number of hydrogen-bond donors (Lipinski definition) is 0. The topological polar surface area (TPSA) is 60.4 Å². The van der Waals surface area contributed by atoms with Gasteiger partial charge in [-0.15, -0.1) is 9.61 Å². The maximum atomic E-state index is 13.9. The largest absolute Gasteiger partial charge is 0.442 e. The van der Waals surface area contributed by atoms with Crippen LogP contribution in [0.3, 0.4) is 0 Å². The second-order valence-electron chi connectivity index (χ2n) is 4.78. The molecule has 4 rings (SSSR count). The first-order valence-corrected chi connectivity index (χ1v) is 6.86. The van der Waals surface area contributed by atoms with Crippen LogP contribution in [0.2, 0.25) is 5.02 Å². The van der Waals surface area contributed by atoms with Gasteiger partial charge in [-0.2, -0.15) is 0 Å². The fourth-order valence-electron chi connectivity index (χ4n) is 2.33. The third-order valence-electron chi connectivity index (χ3n) is 3.35. The minimum Gasteiger partial charge on any atom is -0.408 e. The Balaban J connectivity index is 2.12. The highest BCUT2D eigenvalue weighted by molar-refractivity contribution is 6.31. The molecular weight excluding hydrogens is 328 g/mol. The summed E-state index contributed by atoms with van der Waals surface area (Å²) in [5.41, 5.74) is -0.0537. The SMILES string of the molecule is O=c1oc2ccc(Cl)cc2c2nc(-c3c(F)cccc3F)nn12. The second-order valence-corrected chi connectivity index (χ2v) is 5.21. The van der Waals surface area contributed by atoms with Gasteiger partial charge >= 0.3 is 5.76 Å². The summed E-state index contributed by atoms with van der Waals surface area (Å²) in [6.45, 7) is 0. The van der Waals surface area contributed by atoms with E-state index in [0.29, 0.717) is 10.4 Å². The number of aromatic nitrogens is 3. The maximum Gasteiger partial charge on any atom is 0.442 e. The van der Waals surface area contributed by atoms with Gasteiger partial charge in [0.05, 0.1) is 10.9 Å². The summed E-state index contributed by atoms with van der Waals surface area (Å²) in [4.78, 5) is 16.1. The van der Waals surface area contributed by atoms with Gasteiger partial charge in [-0.3, -0.25) is 0 Å². The number of hydrogen-bond acceptors (Lipinski definition) is 4. The van der Waals surface area contributed by atoms with E-state index in [1.165, 1.54) is 18.2 Å². The highest BCUT2D eigenvalue weighted by Crippen LogP contribution is 2.26. The number of nitrogens with zero attached hydrogens (tertiary/aromatic N) is 3. The highest BCUT2D eigenvalue weighted by Gasteiger charge is 2.19. The van der Waals surface area contributed by atoms with Gasteiger partial charge in [-0.25, -0.2) is 18.6 Å². The van der Waals surface area contributed by atoms with E-state index >= 15 is 0 Å². The normalized spacial score (nSPS) is 11.4. The lowest BCUT2D eigenvalue weighted by Gasteiger charge is -1.98. The van der Waals surface area contributed by atoms with Gasteiger partial charge in [0.2, 0.25) is 0 Å². The smallest absolute Gasteiger partial charge is 0.408 e. The Bertz CT molecular complexity index is 1120. The van der Waals surface area contributed by atoms with E-state index in [4.69, 9.17) is 16.0 Å². The molecule has 2 aromatic carbocycles. The summed E-state index contributed by atoms with van der Waals surface area (Å²) in [6, 6.07) is 8.00. The Morgan fingerprint density at radius 1 is 1.13 bits per heavy atom. The average Bonchev–Trinajstić information content (AvgIpc) is 2.94. The molecule has 5 nitrogen and oxygen atoms in total. The predicted octanol–water partition coefficient (Wildman–Crippen LogP) is 3.43. The molecule has 114 valence electrons. The summed E-state index contributed by atoms with van der Waals surface area (Å²) < 4.78 is 33.7. The third kappa shape index (κ3) is 2.08. The van der Waals surface area contributed by atoms with Crippen molar-refractivity contribution in [1.29, 1.82) is 0 Å². The molecule has 23 heavy (non-hydrogen) atoms. The Hall–Kier alpha value is -2.80. The van der Waals surface area contributed by atoms with Crippen LogP contribution in [0.15, 0.2) is 45.6 Å². The molecule has 0 saturated heterocycles. The van der Waals surface area contributed by atoms with Gasteiger partial charge in [0, 0.05) is 5.02 Å². The monoisotopic (exact) mass is 333 g/mol. The number of fused-ring (bicyclic) bond motifs is 3. The van der Waals surface area contributed by atoms with Crippen LogP contribution in [0.4, 0.5) is 8.78 Å². The molecule has 2 heterocycles. The van der Waals surface area contributed by atoms with Gasteiger partial charge in [-0.05, 0) is 30.3 Å². The van der Waals surface area contributed by atoms with Gasteiger partial charge in [-0.1, -0.05) is 17.7 Å². The van der Waals surface area contributed by atoms with Gasteiger partial charge in [0.25, 0.3) is 0 Å². The molecule has 0 fully saturated rings. The molecule has 8 heteroatoms. The lowest BCUT2D eigenvalue weighted by Crippen LogP contribution is -2.12. The Labute approximate surface area is 131 Å². The Morgan fingerprint density at radius 2 is 1.87 bits per heavy atom.